The molecule has 24 heavy (non-hydrogen) atoms. The number of nitrogens with zero attached hydrogens (tertiary/aromatic N) is 1. The first-order chi connectivity index (χ1) is 11.2. The number of nitrogens with one attached hydrogen (secondary N) is 1. The van der Waals surface area contributed by atoms with Crippen molar-refractivity contribution in [1.29, 1.82) is 0 Å². The summed E-state index contributed by atoms with van der Waals surface area (Å²) >= 11 is 3.44. The molecule has 0 heterocycles. The van der Waals surface area contributed by atoms with E-state index < -0.39 is 5.54 Å². The lowest BCUT2D eigenvalue weighted by Gasteiger charge is -2.35. The molecule has 0 aliphatic heterocycles. The van der Waals surface area contributed by atoms with Crippen LogP contribution < -0.4 is 5.43 Å². The number of amides is 2. The standard InChI is InChI=1S/C19H21BrN2O2/c1-13-10-11-15(12-16(13)20)18(24)22(19(2,3)4)21-17(23)14-8-6-5-7-9-14/h5-12H,1-4H3,(H,21,23). The van der Waals surface area contributed by atoms with Gasteiger partial charge in [0.05, 0.1) is 5.54 Å². The van der Waals surface area contributed by atoms with Gasteiger partial charge in [-0.3, -0.25) is 15.0 Å². The maximum atomic E-state index is 12.9. The summed E-state index contributed by atoms with van der Waals surface area (Å²) in [7, 11) is 0. The monoisotopic (exact) mass is 388 g/mol. The number of rotatable bonds is 2. The van der Waals surface area contributed by atoms with E-state index in [2.05, 4.69) is 21.4 Å². The van der Waals surface area contributed by atoms with E-state index in [1.165, 1.54) is 5.01 Å². The largest absolute Gasteiger partial charge is 0.272 e. The molecule has 0 fully saturated rings. The number of hydrogen-bond donors (Lipinski definition) is 1. The van der Waals surface area contributed by atoms with Crippen molar-refractivity contribution in [3.8, 4) is 0 Å². The molecule has 2 aromatic carbocycles. The van der Waals surface area contributed by atoms with Crippen LogP contribution in [0.25, 0.3) is 0 Å². The molecule has 1 N–H and O–H groups in total. The maximum absolute atomic E-state index is 12.9. The molecule has 0 aliphatic rings. The highest BCUT2D eigenvalue weighted by atomic mass is 79.9. The van der Waals surface area contributed by atoms with Crippen LogP contribution in [0.15, 0.2) is 53.0 Å². The Morgan fingerprint density at radius 3 is 2.17 bits per heavy atom. The highest BCUT2D eigenvalue weighted by Gasteiger charge is 2.29. The summed E-state index contributed by atoms with van der Waals surface area (Å²) in [6, 6.07) is 14.2. The van der Waals surface area contributed by atoms with E-state index in [-0.39, 0.29) is 11.8 Å². The molecule has 0 saturated carbocycles. The van der Waals surface area contributed by atoms with Gasteiger partial charge in [-0.2, -0.15) is 0 Å². The molecular weight excluding hydrogens is 368 g/mol. The van der Waals surface area contributed by atoms with Crippen molar-refractivity contribution in [3.05, 3.63) is 69.7 Å². The van der Waals surface area contributed by atoms with Gasteiger partial charge in [-0.25, -0.2) is 5.01 Å². The van der Waals surface area contributed by atoms with Gasteiger partial charge in [0, 0.05) is 15.6 Å². The van der Waals surface area contributed by atoms with Gasteiger partial charge in [-0.05, 0) is 57.5 Å². The van der Waals surface area contributed by atoms with E-state index >= 15 is 0 Å². The number of aryl methyl sites for hydroxylation is 1. The van der Waals surface area contributed by atoms with E-state index in [1.54, 1.807) is 36.4 Å². The predicted octanol–water partition coefficient (Wildman–Crippen LogP) is 4.34. The van der Waals surface area contributed by atoms with Crippen LogP contribution in [-0.4, -0.2) is 22.4 Å². The van der Waals surface area contributed by atoms with Crippen molar-refractivity contribution < 1.29 is 9.59 Å². The Balaban J connectivity index is 2.30. The molecule has 0 spiro atoms. The van der Waals surface area contributed by atoms with Crippen molar-refractivity contribution in [2.75, 3.05) is 0 Å². The van der Waals surface area contributed by atoms with Gasteiger partial charge < -0.3 is 0 Å². The molecule has 5 heteroatoms. The molecular formula is C19H21BrN2O2. The second-order valence-electron chi connectivity index (χ2n) is 6.58. The van der Waals surface area contributed by atoms with Crippen LogP contribution in [0.2, 0.25) is 0 Å². The van der Waals surface area contributed by atoms with Crippen LogP contribution in [0.3, 0.4) is 0 Å². The third kappa shape index (κ3) is 4.23. The Morgan fingerprint density at radius 2 is 1.62 bits per heavy atom. The number of hydrogen-bond acceptors (Lipinski definition) is 2. The van der Waals surface area contributed by atoms with E-state index in [0.717, 1.165) is 10.0 Å². The second kappa shape index (κ2) is 7.18. The molecule has 0 unspecified atom stereocenters. The van der Waals surface area contributed by atoms with Crippen LogP contribution in [0.4, 0.5) is 0 Å². The molecule has 2 amide bonds. The van der Waals surface area contributed by atoms with Crippen LogP contribution in [0.5, 0.6) is 0 Å². The van der Waals surface area contributed by atoms with Crippen LogP contribution in [0.1, 0.15) is 47.1 Å². The van der Waals surface area contributed by atoms with E-state index in [9.17, 15) is 9.59 Å². The van der Waals surface area contributed by atoms with Crippen molar-refractivity contribution in [2.45, 2.75) is 33.2 Å². The number of carbonyl (C=O) groups is 2. The SMILES string of the molecule is Cc1ccc(C(=O)N(NC(=O)c2ccccc2)C(C)(C)C)cc1Br. The summed E-state index contributed by atoms with van der Waals surface area (Å²) < 4.78 is 0.858. The third-order valence-corrected chi connectivity index (χ3v) is 4.40. The zero-order valence-corrected chi connectivity index (χ0v) is 15.8. The maximum Gasteiger partial charge on any atom is 0.272 e. The first-order valence-corrected chi connectivity index (χ1v) is 8.46. The molecule has 0 aliphatic carbocycles. The van der Waals surface area contributed by atoms with Crippen LogP contribution in [0, 0.1) is 6.92 Å². The predicted molar refractivity (Wildman–Crippen MR) is 98.7 cm³/mol. The molecule has 4 nitrogen and oxygen atoms in total. The van der Waals surface area contributed by atoms with Gasteiger partial charge in [0.1, 0.15) is 0 Å². The van der Waals surface area contributed by atoms with Gasteiger partial charge in [0.2, 0.25) is 0 Å². The minimum absolute atomic E-state index is 0.257. The zero-order chi connectivity index (χ0) is 17.9. The average molecular weight is 389 g/mol. The molecule has 0 aromatic heterocycles. The Labute approximate surface area is 151 Å². The Hall–Kier alpha value is -2.14. The Kier molecular flexibility index (Phi) is 5.44. The summed E-state index contributed by atoms with van der Waals surface area (Å²) in [5.41, 5.74) is 4.22. The molecule has 2 rings (SSSR count). The molecule has 0 radical (unpaired) electrons. The van der Waals surface area contributed by atoms with Gasteiger partial charge in [0.15, 0.2) is 0 Å². The smallest absolute Gasteiger partial charge is 0.267 e. The van der Waals surface area contributed by atoms with Gasteiger partial charge >= 0.3 is 0 Å². The van der Waals surface area contributed by atoms with Gasteiger partial charge in [-0.1, -0.05) is 40.2 Å². The normalized spacial score (nSPS) is 11.0. The molecule has 2 aromatic rings. The highest BCUT2D eigenvalue weighted by Crippen LogP contribution is 2.21. The third-order valence-electron chi connectivity index (χ3n) is 3.54. The summed E-state index contributed by atoms with van der Waals surface area (Å²) in [5, 5.41) is 1.37. The Bertz CT molecular complexity index is 752. The lowest BCUT2D eigenvalue weighted by atomic mass is 10.1. The quantitative estimate of drug-likeness (QED) is 0.777. The van der Waals surface area contributed by atoms with Gasteiger partial charge in [-0.15, -0.1) is 0 Å². The minimum atomic E-state index is -0.571. The number of hydrazine groups is 1. The fourth-order valence-electron chi connectivity index (χ4n) is 2.13. The minimum Gasteiger partial charge on any atom is -0.267 e. The van der Waals surface area contributed by atoms with Crippen molar-refractivity contribution in [2.24, 2.45) is 0 Å². The van der Waals surface area contributed by atoms with Crippen LogP contribution >= 0.6 is 15.9 Å². The van der Waals surface area contributed by atoms with Crippen molar-refractivity contribution >= 4 is 27.7 Å². The lowest BCUT2D eigenvalue weighted by molar-refractivity contribution is 0.0358. The number of carbonyl (C=O) groups excluding carboxylic acids is 2. The molecule has 0 bridgehead atoms. The first kappa shape index (κ1) is 18.2. The second-order valence-corrected chi connectivity index (χ2v) is 7.44. The van der Waals surface area contributed by atoms with E-state index in [1.807, 2.05) is 39.8 Å². The average Bonchev–Trinajstić information content (AvgIpc) is 2.54. The number of halogens is 1. The summed E-state index contributed by atoms with van der Waals surface area (Å²) in [4.78, 5) is 25.4. The highest BCUT2D eigenvalue weighted by molar-refractivity contribution is 9.10. The topological polar surface area (TPSA) is 49.4 Å². The zero-order valence-electron chi connectivity index (χ0n) is 14.3. The molecule has 0 atom stereocenters. The molecule has 126 valence electrons. The summed E-state index contributed by atoms with van der Waals surface area (Å²) in [6.45, 7) is 7.58. The van der Waals surface area contributed by atoms with E-state index in [4.69, 9.17) is 0 Å². The first-order valence-electron chi connectivity index (χ1n) is 7.67. The molecule has 0 saturated heterocycles. The Morgan fingerprint density at radius 1 is 1.00 bits per heavy atom. The fourth-order valence-corrected chi connectivity index (χ4v) is 2.51. The fraction of sp³-hybridized carbons (Fsp3) is 0.263. The summed E-state index contributed by atoms with van der Waals surface area (Å²) in [6.07, 6.45) is 0. The van der Waals surface area contributed by atoms with Crippen LogP contribution in [-0.2, 0) is 0 Å². The van der Waals surface area contributed by atoms with Crippen molar-refractivity contribution in [1.82, 2.24) is 10.4 Å². The van der Waals surface area contributed by atoms with Crippen molar-refractivity contribution in [3.63, 3.8) is 0 Å². The summed E-state index contributed by atoms with van der Waals surface area (Å²) in [5.74, 6) is -0.572. The van der Waals surface area contributed by atoms with E-state index in [0.29, 0.717) is 11.1 Å². The van der Waals surface area contributed by atoms with Gasteiger partial charge in [0.25, 0.3) is 11.8 Å². The lowest BCUT2D eigenvalue weighted by Crippen LogP contribution is -2.55. The number of benzene rings is 2.